The van der Waals surface area contributed by atoms with Crippen LogP contribution >= 0.6 is 0 Å². The van der Waals surface area contributed by atoms with Gasteiger partial charge in [-0.25, -0.2) is 13.8 Å². The summed E-state index contributed by atoms with van der Waals surface area (Å²) in [6.07, 6.45) is 2.08. The Morgan fingerprint density at radius 3 is 2.78 bits per heavy atom. The highest BCUT2D eigenvalue weighted by Crippen LogP contribution is 2.35. The minimum Gasteiger partial charge on any atom is -0.355 e. The Hall–Kier alpha value is -2.57. The molecule has 1 aliphatic heterocycles. The van der Waals surface area contributed by atoms with Gasteiger partial charge in [0.15, 0.2) is 0 Å². The molecule has 3 aromatic rings. The molecule has 0 aliphatic carbocycles. The van der Waals surface area contributed by atoms with Gasteiger partial charge in [-0.2, -0.15) is 4.98 Å². The summed E-state index contributed by atoms with van der Waals surface area (Å²) >= 11 is 0. The van der Waals surface area contributed by atoms with Gasteiger partial charge in [0.1, 0.15) is 29.2 Å². The van der Waals surface area contributed by atoms with E-state index in [-0.39, 0.29) is 11.5 Å². The van der Waals surface area contributed by atoms with Gasteiger partial charge in [0.05, 0.1) is 5.69 Å². The Kier molecular flexibility index (Phi) is 3.21. The molecule has 0 amide bonds. The number of rotatable bonds is 2. The second kappa shape index (κ2) is 5.26. The standard InChI is InChI=1S/C16H14F2N4O/c1-9-13-15(19-8-20-16(13)23-21-9)22-6-5-10(7-22)14-11(17)3-2-4-12(14)18/h2-4,8,10H,5-7H2,1H3/t10-/m0/s1. The van der Waals surface area contributed by atoms with E-state index in [4.69, 9.17) is 4.52 Å². The number of aromatic nitrogens is 3. The summed E-state index contributed by atoms with van der Waals surface area (Å²) in [4.78, 5) is 10.4. The second-order valence-corrected chi connectivity index (χ2v) is 5.71. The Bertz CT molecular complexity index is 859. The minimum atomic E-state index is -0.495. The molecule has 0 saturated carbocycles. The monoisotopic (exact) mass is 316 g/mol. The SMILES string of the molecule is Cc1noc2ncnc(N3CC[C@H](c4c(F)cccc4F)C3)c12. The van der Waals surface area contributed by atoms with Crippen molar-refractivity contribution in [3.63, 3.8) is 0 Å². The third-order valence-electron chi connectivity index (χ3n) is 4.32. The lowest BCUT2D eigenvalue weighted by Crippen LogP contribution is -2.21. The highest BCUT2D eigenvalue weighted by Gasteiger charge is 2.30. The van der Waals surface area contributed by atoms with Crippen molar-refractivity contribution in [3.8, 4) is 0 Å². The zero-order chi connectivity index (χ0) is 16.0. The van der Waals surface area contributed by atoms with E-state index in [0.29, 0.717) is 36.7 Å². The van der Waals surface area contributed by atoms with Crippen molar-refractivity contribution in [2.45, 2.75) is 19.3 Å². The number of fused-ring (bicyclic) bond motifs is 1. The van der Waals surface area contributed by atoms with Crippen LogP contribution in [0.25, 0.3) is 11.1 Å². The van der Waals surface area contributed by atoms with Crippen LogP contribution in [0.1, 0.15) is 23.6 Å². The van der Waals surface area contributed by atoms with Gasteiger partial charge in [-0.3, -0.25) is 0 Å². The molecule has 2 aromatic heterocycles. The van der Waals surface area contributed by atoms with E-state index >= 15 is 0 Å². The van der Waals surface area contributed by atoms with Gasteiger partial charge in [0, 0.05) is 24.6 Å². The molecular weight excluding hydrogens is 302 g/mol. The van der Waals surface area contributed by atoms with E-state index in [1.807, 2.05) is 11.8 Å². The molecule has 1 aromatic carbocycles. The first-order chi connectivity index (χ1) is 11.1. The maximum absolute atomic E-state index is 14.0. The largest absolute Gasteiger partial charge is 0.355 e. The lowest BCUT2D eigenvalue weighted by Gasteiger charge is -2.18. The van der Waals surface area contributed by atoms with Crippen molar-refractivity contribution in [1.29, 1.82) is 0 Å². The number of halogens is 2. The second-order valence-electron chi connectivity index (χ2n) is 5.71. The van der Waals surface area contributed by atoms with Crippen LogP contribution in [0.4, 0.5) is 14.6 Å². The number of hydrogen-bond acceptors (Lipinski definition) is 5. The fourth-order valence-corrected chi connectivity index (χ4v) is 3.23. The van der Waals surface area contributed by atoms with E-state index in [1.165, 1.54) is 24.5 Å². The van der Waals surface area contributed by atoms with Crippen molar-refractivity contribution in [2.24, 2.45) is 0 Å². The predicted octanol–water partition coefficient (Wildman–Crippen LogP) is 3.20. The number of nitrogens with zero attached hydrogens (tertiary/aromatic N) is 4. The Labute approximate surface area is 130 Å². The first-order valence-corrected chi connectivity index (χ1v) is 7.41. The molecule has 118 valence electrons. The molecule has 0 bridgehead atoms. The molecule has 0 unspecified atom stereocenters. The summed E-state index contributed by atoms with van der Waals surface area (Å²) in [7, 11) is 0. The normalized spacial score (nSPS) is 18.0. The van der Waals surface area contributed by atoms with E-state index < -0.39 is 11.6 Å². The predicted molar refractivity (Wildman–Crippen MR) is 80.3 cm³/mol. The Morgan fingerprint density at radius 1 is 1.22 bits per heavy atom. The van der Waals surface area contributed by atoms with Gasteiger partial charge in [0.2, 0.25) is 0 Å². The molecule has 3 heterocycles. The van der Waals surface area contributed by atoms with Crippen LogP contribution in [0.2, 0.25) is 0 Å². The van der Waals surface area contributed by atoms with Crippen molar-refractivity contribution in [2.75, 3.05) is 18.0 Å². The van der Waals surface area contributed by atoms with Crippen LogP contribution in [0.15, 0.2) is 29.0 Å². The fraction of sp³-hybridized carbons (Fsp3) is 0.312. The van der Waals surface area contributed by atoms with E-state index in [2.05, 4.69) is 15.1 Å². The first kappa shape index (κ1) is 14.0. The smallest absolute Gasteiger partial charge is 0.263 e. The van der Waals surface area contributed by atoms with Gasteiger partial charge < -0.3 is 9.42 Å². The summed E-state index contributed by atoms with van der Waals surface area (Å²) in [6.45, 7) is 2.98. The van der Waals surface area contributed by atoms with E-state index in [0.717, 1.165) is 5.39 Å². The van der Waals surface area contributed by atoms with Crippen LogP contribution in [0.3, 0.4) is 0 Å². The van der Waals surface area contributed by atoms with Crippen LogP contribution < -0.4 is 4.90 Å². The van der Waals surface area contributed by atoms with Crippen LogP contribution in [-0.2, 0) is 0 Å². The fourth-order valence-electron chi connectivity index (χ4n) is 3.23. The lowest BCUT2D eigenvalue weighted by atomic mass is 9.97. The number of anilines is 1. The molecule has 1 aliphatic rings. The van der Waals surface area contributed by atoms with Gasteiger partial charge in [0.25, 0.3) is 5.71 Å². The summed E-state index contributed by atoms with van der Waals surface area (Å²) in [5.74, 6) is -0.494. The molecule has 4 rings (SSSR count). The number of hydrogen-bond donors (Lipinski definition) is 0. The third kappa shape index (κ3) is 2.23. The summed E-state index contributed by atoms with van der Waals surface area (Å²) in [5, 5.41) is 4.66. The lowest BCUT2D eigenvalue weighted by molar-refractivity contribution is 0.442. The Morgan fingerprint density at radius 2 is 2.00 bits per heavy atom. The quantitative estimate of drug-likeness (QED) is 0.727. The molecular formula is C16H14F2N4O. The average Bonchev–Trinajstić information content (AvgIpc) is 3.15. The molecule has 1 fully saturated rings. The van der Waals surface area contributed by atoms with Crippen molar-refractivity contribution >= 4 is 16.9 Å². The first-order valence-electron chi connectivity index (χ1n) is 7.41. The molecule has 0 N–H and O–H groups in total. The van der Waals surface area contributed by atoms with Crippen LogP contribution in [0, 0.1) is 18.6 Å². The van der Waals surface area contributed by atoms with E-state index in [1.54, 1.807) is 0 Å². The number of aryl methyl sites for hydroxylation is 1. The van der Waals surface area contributed by atoms with Crippen molar-refractivity contribution < 1.29 is 13.3 Å². The zero-order valence-corrected chi connectivity index (χ0v) is 12.5. The van der Waals surface area contributed by atoms with Gasteiger partial charge in [-0.1, -0.05) is 11.2 Å². The molecule has 5 nitrogen and oxygen atoms in total. The highest BCUT2D eigenvalue weighted by atomic mass is 19.1. The zero-order valence-electron chi connectivity index (χ0n) is 12.5. The maximum Gasteiger partial charge on any atom is 0.263 e. The minimum absolute atomic E-state index is 0.155. The van der Waals surface area contributed by atoms with E-state index in [9.17, 15) is 8.78 Å². The summed E-state index contributed by atoms with van der Waals surface area (Å²) in [6, 6.07) is 3.98. The molecule has 23 heavy (non-hydrogen) atoms. The van der Waals surface area contributed by atoms with Crippen LogP contribution in [-0.4, -0.2) is 28.2 Å². The number of benzene rings is 1. The third-order valence-corrected chi connectivity index (χ3v) is 4.32. The van der Waals surface area contributed by atoms with Gasteiger partial charge in [-0.05, 0) is 25.5 Å². The maximum atomic E-state index is 14.0. The van der Waals surface area contributed by atoms with Crippen LogP contribution in [0.5, 0.6) is 0 Å². The van der Waals surface area contributed by atoms with Gasteiger partial charge >= 0.3 is 0 Å². The molecule has 0 spiro atoms. The van der Waals surface area contributed by atoms with Gasteiger partial charge in [-0.15, -0.1) is 0 Å². The summed E-state index contributed by atoms with van der Waals surface area (Å²) < 4.78 is 33.1. The van der Waals surface area contributed by atoms with Crippen molar-refractivity contribution in [3.05, 3.63) is 47.4 Å². The topological polar surface area (TPSA) is 55.1 Å². The molecule has 1 atom stereocenters. The molecule has 7 heteroatoms. The average molecular weight is 316 g/mol. The highest BCUT2D eigenvalue weighted by molar-refractivity contribution is 5.88. The molecule has 1 saturated heterocycles. The molecule has 0 radical (unpaired) electrons. The Balaban J connectivity index is 1.69. The van der Waals surface area contributed by atoms with Crippen molar-refractivity contribution in [1.82, 2.24) is 15.1 Å². The summed E-state index contributed by atoms with van der Waals surface area (Å²) in [5.41, 5.74) is 1.28.